The summed E-state index contributed by atoms with van der Waals surface area (Å²) in [6.07, 6.45) is 4.12. The highest BCUT2D eigenvalue weighted by molar-refractivity contribution is 4.79. The molecule has 0 aromatic carbocycles. The van der Waals surface area contributed by atoms with Crippen LogP contribution < -0.4 is 5.32 Å². The molecular weight excluding hydrogens is 212 g/mol. The molecule has 3 nitrogen and oxygen atoms in total. The number of methoxy groups -OCH3 is 1. The predicted octanol–water partition coefficient (Wildman–Crippen LogP) is 1.98. The number of hydrogen-bond acceptors (Lipinski definition) is 3. The van der Waals surface area contributed by atoms with Gasteiger partial charge in [0.05, 0.1) is 6.61 Å². The normalized spacial score (nSPS) is 29.8. The first kappa shape index (κ1) is 14.9. The van der Waals surface area contributed by atoms with E-state index < -0.39 is 0 Å². The maximum atomic E-state index is 5.07. The minimum Gasteiger partial charge on any atom is -0.383 e. The largest absolute Gasteiger partial charge is 0.383 e. The molecule has 0 amide bonds. The average molecular weight is 242 g/mol. The molecule has 0 aromatic heterocycles. The fraction of sp³-hybridized carbons (Fsp3) is 1.00. The molecule has 1 N–H and O–H groups in total. The molecule has 0 aliphatic heterocycles. The summed E-state index contributed by atoms with van der Waals surface area (Å²) in [4.78, 5) is 2.33. The lowest BCUT2D eigenvalue weighted by Gasteiger charge is -2.32. The Morgan fingerprint density at radius 1 is 1.12 bits per heavy atom. The van der Waals surface area contributed by atoms with Gasteiger partial charge in [0, 0.05) is 32.8 Å². The van der Waals surface area contributed by atoms with Crippen LogP contribution in [0, 0.1) is 11.8 Å². The van der Waals surface area contributed by atoms with E-state index >= 15 is 0 Å². The van der Waals surface area contributed by atoms with Crippen molar-refractivity contribution in [3.05, 3.63) is 0 Å². The van der Waals surface area contributed by atoms with Crippen molar-refractivity contribution in [2.45, 2.75) is 39.2 Å². The Bertz CT molecular complexity index is 189. The lowest BCUT2D eigenvalue weighted by Crippen LogP contribution is -2.40. The molecule has 0 saturated heterocycles. The van der Waals surface area contributed by atoms with E-state index in [9.17, 15) is 0 Å². The van der Waals surface area contributed by atoms with E-state index in [2.05, 4.69) is 31.1 Å². The van der Waals surface area contributed by atoms with Crippen molar-refractivity contribution in [2.24, 2.45) is 11.8 Å². The zero-order valence-electron chi connectivity index (χ0n) is 12.0. The van der Waals surface area contributed by atoms with E-state index in [4.69, 9.17) is 4.74 Å². The smallest absolute Gasteiger partial charge is 0.0589 e. The second-order valence-electron chi connectivity index (χ2n) is 5.86. The van der Waals surface area contributed by atoms with Crippen LogP contribution in [0.15, 0.2) is 0 Å². The highest BCUT2D eigenvalue weighted by Gasteiger charge is 2.23. The predicted molar refractivity (Wildman–Crippen MR) is 73.3 cm³/mol. The molecule has 1 fully saturated rings. The first-order valence-electron chi connectivity index (χ1n) is 7.02. The van der Waals surface area contributed by atoms with Crippen LogP contribution in [0.5, 0.6) is 0 Å². The van der Waals surface area contributed by atoms with E-state index in [0.29, 0.717) is 0 Å². The van der Waals surface area contributed by atoms with Crippen LogP contribution in [0.3, 0.4) is 0 Å². The summed E-state index contributed by atoms with van der Waals surface area (Å²) in [7, 11) is 3.92. The molecule has 2 unspecified atom stereocenters. The van der Waals surface area contributed by atoms with Crippen LogP contribution in [-0.4, -0.2) is 51.3 Å². The first-order chi connectivity index (χ1) is 8.11. The number of nitrogens with zero attached hydrogens (tertiary/aromatic N) is 1. The van der Waals surface area contributed by atoms with Gasteiger partial charge in [0.2, 0.25) is 0 Å². The molecule has 0 radical (unpaired) electrons. The monoisotopic (exact) mass is 242 g/mol. The third-order valence-corrected chi connectivity index (χ3v) is 3.78. The van der Waals surface area contributed by atoms with Gasteiger partial charge in [-0.3, -0.25) is 0 Å². The number of ether oxygens (including phenoxy) is 1. The number of hydrogen-bond donors (Lipinski definition) is 1. The Labute approximate surface area is 107 Å². The summed E-state index contributed by atoms with van der Waals surface area (Å²) in [5, 5.41) is 3.71. The van der Waals surface area contributed by atoms with Crippen molar-refractivity contribution in [2.75, 3.05) is 40.4 Å². The van der Waals surface area contributed by atoms with E-state index in [-0.39, 0.29) is 0 Å². The molecule has 1 rings (SSSR count). The Hall–Kier alpha value is -0.120. The Balaban J connectivity index is 2.09. The minimum absolute atomic E-state index is 0.740. The van der Waals surface area contributed by atoms with Gasteiger partial charge in [-0.05, 0) is 38.1 Å². The summed E-state index contributed by atoms with van der Waals surface area (Å²) in [5.74, 6) is 1.78. The topological polar surface area (TPSA) is 24.5 Å². The first-order valence-corrected chi connectivity index (χ1v) is 7.02. The highest BCUT2D eigenvalue weighted by atomic mass is 16.5. The van der Waals surface area contributed by atoms with Gasteiger partial charge in [-0.25, -0.2) is 0 Å². The van der Waals surface area contributed by atoms with Gasteiger partial charge >= 0.3 is 0 Å². The van der Waals surface area contributed by atoms with Crippen molar-refractivity contribution in [3.63, 3.8) is 0 Å². The molecule has 17 heavy (non-hydrogen) atoms. The van der Waals surface area contributed by atoms with Gasteiger partial charge in [0.25, 0.3) is 0 Å². The molecule has 1 aliphatic rings. The lowest BCUT2D eigenvalue weighted by molar-refractivity contribution is 0.159. The van der Waals surface area contributed by atoms with Gasteiger partial charge in [0.15, 0.2) is 0 Å². The Morgan fingerprint density at radius 3 is 2.35 bits per heavy atom. The third-order valence-electron chi connectivity index (χ3n) is 3.78. The number of nitrogens with one attached hydrogen (secondary N) is 1. The summed E-state index contributed by atoms with van der Waals surface area (Å²) in [5.41, 5.74) is 0. The van der Waals surface area contributed by atoms with Gasteiger partial charge in [-0.2, -0.15) is 0 Å². The van der Waals surface area contributed by atoms with E-state index in [1.54, 1.807) is 7.11 Å². The fourth-order valence-corrected chi connectivity index (χ4v) is 2.93. The maximum Gasteiger partial charge on any atom is 0.0589 e. The van der Waals surface area contributed by atoms with Crippen LogP contribution in [-0.2, 0) is 4.74 Å². The Kier molecular flexibility index (Phi) is 7.09. The van der Waals surface area contributed by atoms with Crippen molar-refractivity contribution in [3.8, 4) is 0 Å². The van der Waals surface area contributed by atoms with E-state index in [1.807, 2.05) is 0 Å². The zero-order valence-corrected chi connectivity index (χ0v) is 12.0. The van der Waals surface area contributed by atoms with Crippen LogP contribution >= 0.6 is 0 Å². The van der Waals surface area contributed by atoms with Gasteiger partial charge in [-0.15, -0.1) is 0 Å². The fourth-order valence-electron chi connectivity index (χ4n) is 2.93. The molecule has 0 heterocycles. The summed E-state index contributed by atoms with van der Waals surface area (Å²) >= 11 is 0. The molecule has 0 aromatic rings. The summed E-state index contributed by atoms with van der Waals surface area (Å²) in [6.45, 7) is 8.83. The highest BCUT2D eigenvalue weighted by Crippen LogP contribution is 2.28. The average Bonchev–Trinajstić information content (AvgIpc) is 2.25. The SMILES string of the molecule is COCCN(C)CCNC1CC(C)CC(C)C1. The molecule has 3 heteroatoms. The van der Waals surface area contributed by atoms with Gasteiger partial charge in [0.1, 0.15) is 0 Å². The van der Waals surface area contributed by atoms with E-state index in [0.717, 1.165) is 44.1 Å². The van der Waals surface area contributed by atoms with Crippen molar-refractivity contribution in [1.29, 1.82) is 0 Å². The van der Waals surface area contributed by atoms with E-state index in [1.165, 1.54) is 19.3 Å². The number of likely N-dealkylation sites (N-methyl/N-ethyl adjacent to an activating group) is 1. The third kappa shape index (κ3) is 6.39. The van der Waals surface area contributed by atoms with Crippen LogP contribution in [0.25, 0.3) is 0 Å². The molecule has 0 spiro atoms. The van der Waals surface area contributed by atoms with Crippen LogP contribution in [0.4, 0.5) is 0 Å². The lowest BCUT2D eigenvalue weighted by atomic mass is 9.80. The standard InChI is InChI=1S/C14H30N2O/c1-12-9-13(2)11-14(10-12)15-5-6-16(3)7-8-17-4/h12-15H,5-11H2,1-4H3. The zero-order chi connectivity index (χ0) is 12.7. The maximum absolute atomic E-state index is 5.07. The molecule has 1 saturated carbocycles. The second kappa shape index (κ2) is 8.06. The molecular formula is C14H30N2O. The Morgan fingerprint density at radius 2 is 1.76 bits per heavy atom. The van der Waals surface area contributed by atoms with Crippen molar-refractivity contribution >= 4 is 0 Å². The summed E-state index contributed by atoms with van der Waals surface area (Å²) in [6, 6.07) is 0.740. The summed E-state index contributed by atoms with van der Waals surface area (Å²) < 4.78 is 5.07. The minimum atomic E-state index is 0.740. The second-order valence-corrected chi connectivity index (χ2v) is 5.86. The number of rotatable bonds is 7. The van der Waals surface area contributed by atoms with Gasteiger partial charge in [-0.1, -0.05) is 13.8 Å². The molecule has 1 aliphatic carbocycles. The van der Waals surface area contributed by atoms with Crippen LogP contribution in [0.1, 0.15) is 33.1 Å². The molecule has 0 bridgehead atoms. The van der Waals surface area contributed by atoms with Gasteiger partial charge < -0.3 is 15.0 Å². The van der Waals surface area contributed by atoms with Crippen molar-refractivity contribution < 1.29 is 4.74 Å². The molecule has 102 valence electrons. The van der Waals surface area contributed by atoms with Crippen molar-refractivity contribution in [1.82, 2.24) is 10.2 Å². The molecule has 2 atom stereocenters. The van der Waals surface area contributed by atoms with Crippen LogP contribution in [0.2, 0.25) is 0 Å². The quantitative estimate of drug-likeness (QED) is 0.739.